The zero-order chi connectivity index (χ0) is 15.4. The van der Waals surface area contributed by atoms with Crippen LogP contribution in [0.25, 0.3) is 0 Å². The topological polar surface area (TPSA) is 58.6 Å². The van der Waals surface area contributed by atoms with Gasteiger partial charge in [0.25, 0.3) is 0 Å². The van der Waals surface area contributed by atoms with Gasteiger partial charge in [-0.25, -0.2) is 0 Å². The molecule has 1 aromatic carbocycles. The molecule has 1 aromatic rings. The monoisotopic (exact) mass is 354 g/mol. The first-order chi connectivity index (χ1) is 10.0. The molecule has 1 fully saturated rings. The van der Waals surface area contributed by atoms with Crippen molar-refractivity contribution in [3.05, 3.63) is 28.2 Å². The third kappa shape index (κ3) is 4.04. The standard InChI is InChI=1S/C15H19BrN2O3/c1-10-5-6-12(11(16)8-10)17-14(19)9-18-7-3-4-13(18)15(20)21-2/h5-6,8,13H,3-4,7,9H2,1-2H3,(H,17,19). The lowest BCUT2D eigenvalue weighted by Crippen LogP contribution is -2.41. The maximum absolute atomic E-state index is 12.1. The lowest BCUT2D eigenvalue weighted by atomic mass is 10.2. The summed E-state index contributed by atoms with van der Waals surface area (Å²) in [6.07, 6.45) is 1.65. The molecule has 0 saturated carbocycles. The van der Waals surface area contributed by atoms with Crippen LogP contribution >= 0.6 is 15.9 Å². The van der Waals surface area contributed by atoms with E-state index in [1.807, 2.05) is 30.0 Å². The van der Waals surface area contributed by atoms with E-state index in [4.69, 9.17) is 4.74 Å². The predicted molar refractivity (Wildman–Crippen MR) is 84.1 cm³/mol. The molecule has 1 aliphatic heterocycles. The molecule has 1 N–H and O–H groups in total. The van der Waals surface area contributed by atoms with Gasteiger partial charge in [-0.05, 0) is 59.9 Å². The van der Waals surface area contributed by atoms with Crippen molar-refractivity contribution in [2.45, 2.75) is 25.8 Å². The number of carbonyl (C=O) groups is 2. The Bertz CT molecular complexity index is 548. The Morgan fingerprint density at radius 3 is 2.90 bits per heavy atom. The zero-order valence-electron chi connectivity index (χ0n) is 12.2. The highest BCUT2D eigenvalue weighted by Gasteiger charge is 2.32. The van der Waals surface area contributed by atoms with Crippen LogP contribution in [0.4, 0.5) is 5.69 Å². The number of esters is 1. The number of hydrogen-bond donors (Lipinski definition) is 1. The van der Waals surface area contributed by atoms with E-state index in [2.05, 4.69) is 21.2 Å². The van der Waals surface area contributed by atoms with Crippen LogP contribution < -0.4 is 5.32 Å². The van der Waals surface area contributed by atoms with Crippen LogP contribution in [0.2, 0.25) is 0 Å². The third-order valence-electron chi connectivity index (χ3n) is 3.58. The van der Waals surface area contributed by atoms with Crippen molar-refractivity contribution >= 4 is 33.5 Å². The van der Waals surface area contributed by atoms with Crippen LogP contribution in [0.1, 0.15) is 18.4 Å². The van der Waals surface area contributed by atoms with Crippen LogP contribution in [0, 0.1) is 6.92 Å². The van der Waals surface area contributed by atoms with E-state index in [0.717, 1.165) is 35.1 Å². The molecule has 1 saturated heterocycles. The van der Waals surface area contributed by atoms with Crippen molar-refractivity contribution in [2.75, 3.05) is 25.5 Å². The van der Waals surface area contributed by atoms with Crippen LogP contribution in [0.15, 0.2) is 22.7 Å². The van der Waals surface area contributed by atoms with E-state index in [0.29, 0.717) is 0 Å². The Morgan fingerprint density at radius 2 is 2.24 bits per heavy atom. The summed E-state index contributed by atoms with van der Waals surface area (Å²) < 4.78 is 5.63. The third-order valence-corrected chi connectivity index (χ3v) is 4.24. The molecule has 6 heteroatoms. The molecule has 5 nitrogen and oxygen atoms in total. The number of anilines is 1. The van der Waals surface area contributed by atoms with Gasteiger partial charge in [0.15, 0.2) is 0 Å². The van der Waals surface area contributed by atoms with E-state index in [1.165, 1.54) is 7.11 Å². The first-order valence-corrected chi connectivity index (χ1v) is 7.68. The Labute approximate surface area is 132 Å². The molecule has 0 bridgehead atoms. The predicted octanol–water partition coefficient (Wildman–Crippen LogP) is 2.33. The van der Waals surface area contributed by atoms with Crippen LogP contribution in [0.5, 0.6) is 0 Å². The van der Waals surface area contributed by atoms with Gasteiger partial charge in [-0.15, -0.1) is 0 Å². The first-order valence-electron chi connectivity index (χ1n) is 6.89. The molecule has 0 spiro atoms. The average Bonchev–Trinajstić information content (AvgIpc) is 2.89. The van der Waals surface area contributed by atoms with Gasteiger partial charge in [0.05, 0.1) is 19.3 Å². The van der Waals surface area contributed by atoms with Crippen molar-refractivity contribution in [3.8, 4) is 0 Å². The number of rotatable bonds is 4. The maximum Gasteiger partial charge on any atom is 0.323 e. The average molecular weight is 355 g/mol. The number of ether oxygens (including phenoxy) is 1. The van der Waals surface area contributed by atoms with E-state index >= 15 is 0 Å². The Morgan fingerprint density at radius 1 is 1.48 bits per heavy atom. The molecule has 2 rings (SSSR count). The Balaban J connectivity index is 1.96. The molecule has 0 aliphatic carbocycles. The second kappa shape index (κ2) is 7.04. The summed E-state index contributed by atoms with van der Waals surface area (Å²) in [6.45, 7) is 2.92. The minimum Gasteiger partial charge on any atom is -0.468 e. The number of nitrogens with zero attached hydrogens (tertiary/aromatic N) is 1. The molecule has 0 radical (unpaired) electrons. The second-order valence-corrected chi connectivity index (χ2v) is 6.04. The molecule has 0 aromatic heterocycles. The maximum atomic E-state index is 12.1. The van der Waals surface area contributed by atoms with Gasteiger partial charge in [0.2, 0.25) is 5.91 Å². The summed E-state index contributed by atoms with van der Waals surface area (Å²) in [6, 6.07) is 5.44. The van der Waals surface area contributed by atoms with Gasteiger partial charge in [-0.2, -0.15) is 0 Å². The number of nitrogens with one attached hydrogen (secondary N) is 1. The molecule has 1 aliphatic rings. The van der Waals surface area contributed by atoms with Gasteiger partial charge >= 0.3 is 5.97 Å². The summed E-state index contributed by atoms with van der Waals surface area (Å²) in [4.78, 5) is 25.7. The van der Waals surface area contributed by atoms with Crippen molar-refractivity contribution in [2.24, 2.45) is 0 Å². The highest BCUT2D eigenvalue weighted by atomic mass is 79.9. The number of carbonyl (C=O) groups excluding carboxylic acids is 2. The SMILES string of the molecule is COC(=O)C1CCCN1CC(=O)Nc1ccc(C)cc1Br. The number of amides is 1. The summed E-state index contributed by atoms with van der Waals surface area (Å²) in [7, 11) is 1.38. The van der Waals surface area contributed by atoms with Gasteiger partial charge in [0.1, 0.15) is 6.04 Å². The molecular formula is C15H19BrN2O3. The molecule has 1 unspecified atom stereocenters. The quantitative estimate of drug-likeness (QED) is 0.843. The summed E-state index contributed by atoms with van der Waals surface area (Å²) >= 11 is 3.43. The van der Waals surface area contributed by atoms with Crippen LogP contribution in [-0.4, -0.2) is 43.0 Å². The van der Waals surface area contributed by atoms with Crippen LogP contribution in [-0.2, 0) is 14.3 Å². The first kappa shape index (κ1) is 16.0. The number of benzene rings is 1. The van der Waals surface area contributed by atoms with Crippen molar-refractivity contribution in [1.29, 1.82) is 0 Å². The Hall–Kier alpha value is -1.40. The molecule has 1 amide bonds. The molecule has 1 atom stereocenters. The highest BCUT2D eigenvalue weighted by molar-refractivity contribution is 9.10. The summed E-state index contributed by atoms with van der Waals surface area (Å²) in [5, 5.41) is 2.86. The lowest BCUT2D eigenvalue weighted by Gasteiger charge is -2.21. The smallest absolute Gasteiger partial charge is 0.323 e. The van der Waals surface area contributed by atoms with Gasteiger partial charge < -0.3 is 10.1 Å². The van der Waals surface area contributed by atoms with Crippen LogP contribution in [0.3, 0.4) is 0 Å². The minimum atomic E-state index is -0.304. The molecule has 1 heterocycles. The van der Waals surface area contributed by atoms with Crippen molar-refractivity contribution in [1.82, 2.24) is 4.90 Å². The van der Waals surface area contributed by atoms with Gasteiger partial charge in [-0.1, -0.05) is 6.07 Å². The fourth-order valence-electron chi connectivity index (χ4n) is 2.51. The highest BCUT2D eigenvalue weighted by Crippen LogP contribution is 2.24. The largest absolute Gasteiger partial charge is 0.468 e. The fourth-order valence-corrected chi connectivity index (χ4v) is 3.11. The van der Waals surface area contributed by atoms with Gasteiger partial charge in [0, 0.05) is 4.47 Å². The zero-order valence-corrected chi connectivity index (χ0v) is 13.8. The number of aryl methyl sites for hydroxylation is 1. The molecular weight excluding hydrogens is 336 g/mol. The lowest BCUT2D eigenvalue weighted by molar-refractivity contribution is -0.146. The van der Waals surface area contributed by atoms with Crippen molar-refractivity contribution < 1.29 is 14.3 Å². The van der Waals surface area contributed by atoms with Gasteiger partial charge in [-0.3, -0.25) is 14.5 Å². The fraction of sp³-hybridized carbons (Fsp3) is 0.467. The van der Waals surface area contributed by atoms with Crippen molar-refractivity contribution in [3.63, 3.8) is 0 Å². The van der Waals surface area contributed by atoms with E-state index < -0.39 is 0 Å². The summed E-state index contributed by atoms with van der Waals surface area (Å²) in [5.74, 6) is -0.396. The molecule has 21 heavy (non-hydrogen) atoms. The van der Waals surface area contributed by atoms with E-state index in [-0.39, 0.29) is 24.5 Å². The second-order valence-electron chi connectivity index (χ2n) is 5.18. The normalized spacial score (nSPS) is 18.5. The number of halogens is 1. The number of hydrogen-bond acceptors (Lipinski definition) is 4. The minimum absolute atomic E-state index is 0.129. The number of likely N-dealkylation sites (tertiary alicyclic amines) is 1. The Kier molecular flexibility index (Phi) is 5.36. The number of methoxy groups -OCH3 is 1. The van der Waals surface area contributed by atoms with E-state index in [9.17, 15) is 9.59 Å². The summed E-state index contributed by atoms with van der Waals surface area (Å²) in [5.41, 5.74) is 1.85. The van der Waals surface area contributed by atoms with E-state index in [1.54, 1.807) is 0 Å². The molecule has 114 valence electrons.